The Morgan fingerprint density at radius 2 is 2.10 bits per heavy atom. The van der Waals surface area contributed by atoms with E-state index in [1.54, 1.807) is 0 Å². The highest BCUT2D eigenvalue weighted by Gasteiger charge is 2.07. The zero-order valence-electron chi connectivity index (χ0n) is 5.71. The van der Waals surface area contributed by atoms with Gasteiger partial charge in [-0.3, -0.25) is 0 Å². The molecule has 0 atom stereocenters. The molecule has 2 rings (SSSR count). The summed E-state index contributed by atoms with van der Waals surface area (Å²) in [6.07, 6.45) is 2.16. The molecule has 0 aliphatic carbocycles. The van der Waals surface area contributed by atoms with Crippen molar-refractivity contribution < 1.29 is 4.74 Å². The molecule has 0 unspecified atom stereocenters. The maximum absolute atomic E-state index is 5.30. The van der Waals surface area contributed by atoms with Crippen LogP contribution in [0.1, 0.15) is 12.0 Å². The molecule has 0 aromatic heterocycles. The van der Waals surface area contributed by atoms with Gasteiger partial charge >= 0.3 is 0 Å². The van der Waals surface area contributed by atoms with E-state index in [-0.39, 0.29) is 0 Å². The first-order valence-corrected chi connectivity index (χ1v) is 3.53. The highest BCUT2D eigenvalue weighted by Crippen LogP contribution is 2.24. The van der Waals surface area contributed by atoms with Crippen molar-refractivity contribution in [2.75, 3.05) is 0 Å². The van der Waals surface area contributed by atoms with Gasteiger partial charge in [0.25, 0.3) is 0 Å². The minimum Gasteiger partial charge on any atom is -0.486 e. The van der Waals surface area contributed by atoms with E-state index in [4.69, 9.17) is 4.74 Å². The van der Waals surface area contributed by atoms with E-state index in [1.165, 1.54) is 5.56 Å². The van der Waals surface area contributed by atoms with Gasteiger partial charge in [0, 0.05) is 0 Å². The van der Waals surface area contributed by atoms with Crippen LogP contribution in [0.5, 0.6) is 5.75 Å². The van der Waals surface area contributed by atoms with E-state index in [0.717, 1.165) is 18.6 Å². The van der Waals surface area contributed by atoms with E-state index in [2.05, 4.69) is 6.07 Å². The molecule has 0 amide bonds. The quantitative estimate of drug-likeness (QED) is 0.527. The Balaban J connectivity index is 2.41. The van der Waals surface area contributed by atoms with E-state index in [9.17, 15) is 0 Å². The molecule has 1 aliphatic rings. The van der Waals surface area contributed by atoms with E-state index < -0.39 is 0 Å². The van der Waals surface area contributed by atoms with Crippen LogP contribution in [-0.4, -0.2) is 0 Å². The maximum Gasteiger partial charge on any atom is 0.136 e. The minimum absolute atomic E-state index is 1.02. The Kier molecular flexibility index (Phi) is 1.35. The number of para-hydroxylation sites is 1. The fraction of sp³-hybridized carbons (Fsp3) is 0.222. The average Bonchev–Trinajstić information content (AvgIpc) is 2.05. The first-order chi connectivity index (χ1) is 4.97. The number of fused-ring (bicyclic) bond motifs is 1. The molecule has 1 heterocycles. The normalized spacial score (nSPS) is 15.6. The molecule has 0 saturated carbocycles. The zero-order valence-corrected chi connectivity index (χ0v) is 5.71. The molecule has 0 fully saturated rings. The summed E-state index contributed by atoms with van der Waals surface area (Å²) >= 11 is 0. The SMILES string of the molecule is [CH]1CCc2ccccc2O1. The van der Waals surface area contributed by atoms with Gasteiger partial charge in [0.15, 0.2) is 0 Å². The third-order valence-corrected chi connectivity index (χ3v) is 1.71. The topological polar surface area (TPSA) is 9.23 Å². The third kappa shape index (κ3) is 0.878. The molecule has 1 heteroatoms. The smallest absolute Gasteiger partial charge is 0.136 e. The van der Waals surface area contributed by atoms with E-state index in [0.29, 0.717) is 0 Å². The summed E-state index contributed by atoms with van der Waals surface area (Å²) in [5.41, 5.74) is 1.32. The Hall–Kier alpha value is -0.980. The lowest BCUT2D eigenvalue weighted by atomic mass is 10.1. The molecule has 0 saturated heterocycles. The second kappa shape index (κ2) is 2.33. The van der Waals surface area contributed by atoms with Crippen molar-refractivity contribution >= 4 is 0 Å². The predicted molar refractivity (Wildman–Crippen MR) is 39.7 cm³/mol. The lowest BCUT2D eigenvalue weighted by molar-refractivity contribution is 0.366. The number of ether oxygens (including phenoxy) is 1. The molecule has 10 heavy (non-hydrogen) atoms. The molecule has 0 bridgehead atoms. The number of benzene rings is 1. The third-order valence-electron chi connectivity index (χ3n) is 1.71. The van der Waals surface area contributed by atoms with E-state index in [1.807, 2.05) is 24.8 Å². The Morgan fingerprint density at radius 1 is 1.20 bits per heavy atom. The Bertz CT molecular complexity index is 205. The average molecular weight is 133 g/mol. The summed E-state index contributed by atoms with van der Waals surface area (Å²) in [7, 11) is 0. The van der Waals surface area contributed by atoms with Gasteiger partial charge in [0.05, 0.1) is 0 Å². The number of aryl methyl sites for hydroxylation is 1. The molecule has 0 spiro atoms. The Labute approximate surface area is 60.6 Å². The maximum atomic E-state index is 5.30. The van der Waals surface area contributed by atoms with Crippen molar-refractivity contribution in [1.29, 1.82) is 0 Å². The van der Waals surface area contributed by atoms with Gasteiger partial charge in [-0.25, -0.2) is 0 Å². The molecule has 0 N–H and O–H groups in total. The van der Waals surface area contributed by atoms with Crippen LogP contribution >= 0.6 is 0 Å². The van der Waals surface area contributed by atoms with Gasteiger partial charge in [-0.1, -0.05) is 18.2 Å². The van der Waals surface area contributed by atoms with Crippen molar-refractivity contribution in [2.24, 2.45) is 0 Å². The van der Waals surface area contributed by atoms with Crippen LogP contribution in [0.3, 0.4) is 0 Å². The molecule has 1 aromatic rings. The standard InChI is InChI=1S/C9H9O/c1-2-6-9-8(4-1)5-3-7-10-9/h1-2,4,6-7H,3,5H2. The van der Waals surface area contributed by atoms with Gasteiger partial charge in [0.2, 0.25) is 0 Å². The van der Waals surface area contributed by atoms with Crippen LogP contribution < -0.4 is 4.74 Å². The van der Waals surface area contributed by atoms with Gasteiger partial charge in [-0.2, -0.15) is 0 Å². The lowest BCUT2D eigenvalue weighted by Gasteiger charge is -2.14. The first-order valence-electron chi connectivity index (χ1n) is 3.53. The molecule has 1 radical (unpaired) electrons. The molecule has 1 nitrogen and oxygen atoms in total. The number of rotatable bonds is 0. The summed E-state index contributed by atoms with van der Waals surface area (Å²) < 4.78 is 5.30. The molecule has 51 valence electrons. The highest BCUT2D eigenvalue weighted by atomic mass is 16.5. The summed E-state index contributed by atoms with van der Waals surface area (Å²) in [5.74, 6) is 1.02. The molecule has 1 aromatic carbocycles. The Morgan fingerprint density at radius 3 is 3.00 bits per heavy atom. The molecule has 1 aliphatic heterocycles. The van der Waals surface area contributed by atoms with E-state index >= 15 is 0 Å². The molecular formula is C9H9O. The number of hydrogen-bond acceptors (Lipinski definition) is 1. The first kappa shape index (κ1) is 5.78. The van der Waals surface area contributed by atoms with Crippen LogP contribution in [0.25, 0.3) is 0 Å². The highest BCUT2D eigenvalue weighted by molar-refractivity contribution is 5.35. The van der Waals surface area contributed by atoms with Gasteiger partial charge < -0.3 is 4.74 Å². The van der Waals surface area contributed by atoms with Gasteiger partial charge in [0.1, 0.15) is 12.4 Å². The second-order valence-corrected chi connectivity index (χ2v) is 2.43. The lowest BCUT2D eigenvalue weighted by Crippen LogP contribution is -2.02. The largest absolute Gasteiger partial charge is 0.486 e. The van der Waals surface area contributed by atoms with Crippen LogP contribution in [0, 0.1) is 6.61 Å². The van der Waals surface area contributed by atoms with Crippen molar-refractivity contribution in [3.63, 3.8) is 0 Å². The van der Waals surface area contributed by atoms with Crippen LogP contribution in [-0.2, 0) is 6.42 Å². The molecular weight excluding hydrogens is 124 g/mol. The van der Waals surface area contributed by atoms with Crippen molar-refractivity contribution in [2.45, 2.75) is 12.8 Å². The van der Waals surface area contributed by atoms with Crippen LogP contribution in [0.15, 0.2) is 24.3 Å². The second-order valence-electron chi connectivity index (χ2n) is 2.43. The summed E-state index contributed by atoms with van der Waals surface area (Å²) in [5, 5.41) is 0. The predicted octanol–water partition coefficient (Wildman–Crippen LogP) is 2.17. The summed E-state index contributed by atoms with van der Waals surface area (Å²) in [4.78, 5) is 0. The summed E-state index contributed by atoms with van der Waals surface area (Å²) in [6, 6.07) is 8.17. The number of hydrogen-bond donors (Lipinski definition) is 0. The van der Waals surface area contributed by atoms with Gasteiger partial charge in [-0.15, -0.1) is 0 Å². The zero-order chi connectivity index (χ0) is 6.81. The fourth-order valence-electron chi connectivity index (χ4n) is 1.19. The monoisotopic (exact) mass is 133 g/mol. The van der Waals surface area contributed by atoms with Crippen molar-refractivity contribution in [1.82, 2.24) is 0 Å². The summed E-state index contributed by atoms with van der Waals surface area (Å²) in [6.45, 7) is 1.86. The minimum atomic E-state index is 1.02. The van der Waals surface area contributed by atoms with Gasteiger partial charge in [-0.05, 0) is 24.5 Å². The van der Waals surface area contributed by atoms with Crippen LogP contribution in [0.4, 0.5) is 0 Å². The van der Waals surface area contributed by atoms with Crippen molar-refractivity contribution in [3.8, 4) is 5.75 Å². The van der Waals surface area contributed by atoms with Crippen molar-refractivity contribution in [3.05, 3.63) is 36.4 Å². The van der Waals surface area contributed by atoms with Crippen LogP contribution in [0.2, 0.25) is 0 Å². The fourth-order valence-corrected chi connectivity index (χ4v) is 1.19.